The maximum Gasteiger partial charge on any atom is 0.333 e. The minimum absolute atomic E-state index is 0. The fourth-order valence-electron chi connectivity index (χ4n) is 1.25. The van der Waals surface area contributed by atoms with Gasteiger partial charge in [-0.3, -0.25) is 4.55 Å². The number of quaternary nitrogens is 1. The fraction of sp³-hybridized carbons (Fsp3) is 0.438. The molecule has 0 aliphatic rings. The summed E-state index contributed by atoms with van der Waals surface area (Å²) in [7, 11) is 2.13. The summed E-state index contributed by atoms with van der Waals surface area (Å²) in [4.78, 5) is 10.8. The van der Waals surface area contributed by atoms with E-state index in [1.54, 1.807) is 19.1 Å². The van der Waals surface area contributed by atoms with Crippen LogP contribution in [0.4, 0.5) is 0 Å². The van der Waals surface area contributed by atoms with Gasteiger partial charge in [0.15, 0.2) is 0 Å². The van der Waals surface area contributed by atoms with Crippen LogP contribution in [0.2, 0.25) is 0 Å². The summed E-state index contributed by atoms with van der Waals surface area (Å²) in [6.07, 6.45) is 0. The van der Waals surface area contributed by atoms with Crippen LogP contribution in [-0.4, -0.2) is 57.7 Å². The van der Waals surface area contributed by atoms with Crippen LogP contribution >= 0.6 is 0 Å². The first-order valence-electron chi connectivity index (χ1n) is 7.00. The van der Waals surface area contributed by atoms with Crippen LogP contribution in [0.15, 0.2) is 41.3 Å². The Morgan fingerprint density at radius 2 is 1.67 bits per heavy atom. The second-order valence-corrected chi connectivity index (χ2v) is 7.64. The van der Waals surface area contributed by atoms with Gasteiger partial charge in [-0.2, -0.15) is 8.42 Å². The van der Waals surface area contributed by atoms with E-state index in [0.29, 0.717) is 12.2 Å². The lowest BCUT2D eigenvalue weighted by atomic mass is 10.2. The summed E-state index contributed by atoms with van der Waals surface area (Å²) in [5.74, 6) is -0.302. The van der Waals surface area contributed by atoms with Crippen molar-refractivity contribution in [3.05, 3.63) is 42.0 Å². The highest BCUT2D eigenvalue weighted by atomic mass is 32.2. The van der Waals surface area contributed by atoms with Crippen LogP contribution in [0, 0.1) is 6.92 Å². The van der Waals surface area contributed by atoms with E-state index in [4.69, 9.17) is 9.29 Å². The van der Waals surface area contributed by atoms with E-state index < -0.39 is 10.1 Å². The molecule has 4 N–H and O–H groups in total. The standard InChI is InChI=1S/C9H18NO2.C7H8O3S.H3N/c1-8(2)9(11)12-7-6-10(3,4)5;1-6-2-4-7(5-3-6)11(8,9)10;/h1,6-7H2,2-5H3;2-5H,1H3,(H,8,9,10);1H3/q+1;;. The molecule has 0 saturated carbocycles. The van der Waals surface area contributed by atoms with Crippen molar-refractivity contribution < 1.29 is 27.0 Å². The van der Waals surface area contributed by atoms with E-state index in [-0.39, 0.29) is 17.0 Å². The Bertz CT molecular complexity index is 631. The molecule has 0 unspecified atom stereocenters. The van der Waals surface area contributed by atoms with E-state index in [1.165, 1.54) is 12.1 Å². The summed E-state index contributed by atoms with van der Waals surface area (Å²) in [5, 5.41) is 0. The highest BCUT2D eigenvalue weighted by Gasteiger charge is 2.09. The number of hydrogen-bond donors (Lipinski definition) is 2. The molecule has 1 aromatic carbocycles. The van der Waals surface area contributed by atoms with E-state index in [9.17, 15) is 13.2 Å². The third-order valence-electron chi connectivity index (χ3n) is 2.66. The first kappa shape index (κ1) is 24.5. The topological polar surface area (TPSA) is 116 Å². The minimum Gasteiger partial charge on any atom is -0.456 e. The average Bonchev–Trinajstić information content (AvgIpc) is 2.37. The fourth-order valence-corrected chi connectivity index (χ4v) is 1.73. The van der Waals surface area contributed by atoms with Crippen LogP contribution in [0.1, 0.15) is 12.5 Å². The van der Waals surface area contributed by atoms with Gasteiger partial charge in [0, 0.05) is 5.57 Å². The SMILES string of the molecule is C=C(C)C(=O)OCC[N+](C)(C)C.Cc1ccc(S(=O)(=O)O)cc1.N. The summed E-state index contributed by atoms with van der Waals surface area (Å²) in [5.41, 5.74) is 1.41. The molecular weight excluding hydrogens is 332 g/mol. The Labute approximate surface area is 144 Å². The lowest BCUT2D eigenvalue weighted by Crippen LogP contribution is -2.38. The highest BCUT2D eigenvalue weighted by Crippen LogP contribution is 2.08. The van der Waals surface area contributed by atoms with Gasteiger partial charge in [0.05, 0.1) is 26.0 Å². The maximum atomic E-state index is 10.9. The van der Waals surface area contributed by atoms with Crippen molar-refractivity contribution in [2.24, 2.45) is 0 Å². The Kier molecular flexibility index (Phi) is 10.4. The number of benzene rings is 1. The zero-order chi connectivity index (χ0) is 18.3. The van der Waals surface area contributed by atoms with Gasteiger partial charge in [-0.05, 0) is 26.0 Å². The molecule has 0 aliphatic carbocycles. The summed E-state index contributed by atoms with van der Waals surface area (Å²) >= 11 is 0. The summed E-state index contributed by atoms with van der Waals surface area (Å²) in [6.45, 7) is 8.25. The molecule has 0 bridgehead atoms. The van der Waals surface area contributed by atoms with Crippen molar-refractivity contribution in [1.82, 2.24) is 6.15 Å². The third kappa shape index (κ3) is 11.8. The molecule has 0 amide bonds. The number of nitrogens with zero attached hydrogens (tertiary/aromatic N) is 1. The number of ether oxygens (including phenoxy) is 1. The maximum absolute atomic E-state index is 10.9. The second-order valence-electron chi connectivity index (χ2n) is 6.22. The molecule has 0 radical (unpaired) electrons. The molecule has 24 heavy (non-hydrogen) atoms. The number of carbonyl (C=O) groups is 1. The van der Waals surface area contributed by atoms with Crippen molar-refractivity contribution in [3.63, 3.8) is 0 Å². The van der Waals surface area contributed by atoms with Crippen molar-refractivity contribution in [3.8, 4) is 0 Å². The Hall–Kier alpha value is -1.74. The normalized spacial score (nSPS) is 10.8. The monoisotopic (exact) mass is 361 g/mol. The molecule has 1 aromatic rings. The van der Waals surface area contributed by atoms with Crippen molar-refractivity contribution >= 4 is 16.1 Å². The Balaban J connectivity index is 0. The largest absolute Gasteiger partial charge is 0.456 e. The van der Waals surface area contributed by atoms with Crippen molar-refractivity contribution in [2.45, 2.75) is 18.7 Å². The molecule has 0 fully saturated rings. The Morgan fingerprint density at radius 3 is 2.00 bits per heavy atom. The van der Waals surface area contributed by atoms with Gasteiger partial charge in [0.1, 0.15) is 13.2 Å². The van der Waals surface area contributed by atoms with Crippen LogP contribution < -0.4 is 6.15 Å². The molecular formula is C16H29N2O5S+. The first-order valence-corrected chi connectivity index (χ1v) is 8.44. The Morgan fingerprint density at radius 1 is 1.21 bits per heavy atom. The molecule has 0 aromatic heterocycles. The number of aryl methyl sites for hydroxylation is 1. The molecule has 0 spiro atoms. The van der Waals surface area contributed by atoms with Crippen LogP contribution in [-0.2, 0) is 19.6 Å². The molecule has 8 heteroatoms. The zero-order valence-electron chi connectivity index (χ0n) is 15.1. The first-order chi connectivity index (χ1) is 10.3. The lowest BCUT2D eigenvalue weighted by molar-refractivity contribution is -0.870. The highest BCUT2D eigenvalue weighted by molar-refractivity contribution is 7.85. The summed E-state index contributed by atoms with van der Waals surface area (Å²) < 4.78 is 35.3. The minimum atomic E-state index is -4.02. The average molecular weight is 361 g/mol. The van der Waals surface area contributed by atoms with E-state index in [1.807, 2.05) is 6.92 Å². The molecule has 7 nitrogen and oxygen atoms in total. The third-order valence-corrected chi connectivity index (χ3v) is 3.53. The van der Waals surface area contributed by atoms with Gasteiger partial charge in [-0.15, -0.1) is 0 Å². The number of likely N-dealkylation sites (N-methyl/N-ethyl adjacent to an activating group) is 1. The van der Waals surface area contributed by atoms with Crippen LogP contribution in [0.5, 0.6) is 0 Å². The molecule has 138 valence electrons. The molecule has 0 saturated heterocycles. The van der Waals surface area contributed by atoms with Gasteiger partial charge < -0.3 is 15.4 Å². The quantitative estimate of drug-likeness (QED) is 0.359. The van der Waals surface area contributed by atoms with Crippen LogP contribution in [0.25, 0.3) is 0 Å². The molecule has 0 aliphatic heterocycles. The van der Waals surface area contributed by atoms with Gasteiger partial charge in [0.2, 0.25) is 0 Å². The van der Waals surface area contributed by atoms with Gasteiger partial charge in [-0.1, -0.05) is 24.3 Å². The molecule has 0 heterocycles. The second kappa shape index (κ2) is 10.2. The van der Waals surface area contributed by atoms with E-state index in [0.717, 1.165) is 16.6 Å². The predicted octanol–water partition coefficient (Wildman–Crippen LogP) is 2.22. The van der Waals surface area contributed by atoms with E-state index in [2.05, 4.69) is 27.7 Å². The number of esters is 1. The number of hydrogen-bond acceptors (Lipinski definition) is 5. The van der Waals surface area contributed by atoms with Crippen molar-refractivity contribution in [1.29, 1.82) is 0 Å². The van der Waals surface area contributed by atoms with Gasteiger partial charge >= 0.3 is 5.97 Å². The predicted molar refractivity (Wildman–Crippen MR) is 94.7 cm³/mol. The van der Waals surface area contributed by atoms with Gasteiger partial charge in [-0.25, -0.2) is 4.79 Å². The summed E-state index contributed by atoms with van der Waals surface area (Å²) in [6, 6.07) is 5.99. The molecule has 0 atom stereocenters. The zero-order valence-corrected chi connectivity index (χ0v) is 15.9. The molecule has 1 rings (SSSR count). The smallest absolute Gasteiger partial charge is 0.333 e. The van der Waals surface area contributed by atoms with Crippen molar-refractivity contribution in [2.75, 3.05) is 34.3 Å². The lowest BCUT2D eigenvalue weighted by Gasteiger charge is -2.23. The number of rotatable bonds is 5. The van der Waals surface area contributed by atoms with Gasteiger partial charge in [0.25, 0.3) is 10.1 Å². The van der Waals surface area contributed by atoms with E-state index >= 15 is 0 Å². The van der Waals surface area contributed by atoms with Crippen LogP contribution in [0.3, 0.4) is 0 Å². The number of carbonyl (C=O) groups excluding carboxylic acids is 1.